The maximum Gasteiger partial charge on any atom is 0.181 e. The van der Waals surface area contributed by atoms with Gasteiger partial charge in [-0.25, -0.2) is 10.1 Å². The lowest BCUT2D eigenvalue weighted by Gasteiger charge is -2.07. The van der Waals surface area contributed by atoms with Crippen molar-refractivity contribution in [2.24, 2.45) is 0 Å². The first-order valence-electron chi connectivity index (χ1n) is 5.57. The van der Waals surface area contributed by atoms with Crippen molar-refractivity contribution in [3.05, 3.63) is 40.9 Å². The second-order valence-electron chi connectivity index (χ2n) is 3.97. The molecule has 0 fully saturated rings. The van der Waals surface area contributed by atoms with Crippen molar-refractivity contribution in [3.63, 3.8) is 0 Å². The van der Waals surface area contributed by atoms with E-state index in [4.69, 9.17) is 22.1 Å². The minimum Gasteiger partial charge on any atom is -0.486 e. The number of hydrogen-bond acceptors (Lipinski definition) is 5. The lowest BCUT2D eigenvalue weighted by Crippen LogP contribution is -1.98. The zero-order chi connectivity index (χ0) is 13.2. The van der Waals surface area contributed by atoms with Crippen LogP contribution in [0.25, 0.3) is 11.2 Å². The van der Waals surface area contributed by atoms with Gasteiger partial charge < -0.3 is 10.5 Å². The molecule has 3 aromatic rings. The summed E-state index contributed by atoms with van der Waals surface area (Å²) in [4.78, 5) is 4.06. The Bertz CT molecular complexity index is 727. The van der Waals surface area contributed by atoms with E-state index in [-0.39, 0.29) is 0 Å². The maximum absolute atomic E-state index is 5.92. The molecule has 0 atom stereocenters. The molecule has 1 aromatic carbocycles. The third-order valence-corrected chi connectivity index (χ3v) is 2.80. The molecule has 7 heteroatoms. The van der Waals surface area contributed by atoms with Crippen LogP contribution in [0.4, 0.5) is 5.82 Å². The third-order valence-electron chi connectivity index (χ3n) is 2.57. The third kappa shape index (κ3) is 2.43. The number of halogens is 1. The average molecular weight is 276 g/mol. The fourth-order valence-electron chi connectivity index (χ4n) is 1.73. The van der Waals surface area contributed by atoms with E-state index in [1.165, 1.54) is 0 Å². The summed E-state index contributed by atoms with van der Waals surface area (Å²) in [5.74, 6) is 0.885. The molecule has 0 bridgehead atoms. The van der Waals surface area contributed by atoms with Crippen molar-refractivity contribution in [2.75, 3.05) is 5.73 Å². The monoisotopic (exact) mass is 275 g/mol. The smallest absolute Gasteiger partial charge is 0.181 e. The number of nitrogen functional groups attached to an aromatic ring is 1. The van der Waals surface area contributed by atoms with Crippen LogP contribution in [0.3, 0.4) is 0 Å². The van der Waals surface area contributed by atoms with Gasteiger partial charge in [-0.05, 0) is 17.7 Å². The number of H-pyrrole nitrogens is 1. The molecular weight excluding hydrogens is 266 g/mol. The van der Waals surface area contributed by atoms with Crippen LogP contribution >= 0.6 is 11.6 Å². The zero-order valence-corrected chi connectivity index (χ0v) is 10.6. The van der Waals surface area contributed by atoms with Gasteiger partial charge in [-0.3, -0.25) is 0 Å². The van der Waals surface area contributed by atoms with Gasteiger partial charge >= 0.3 is 0 Å². The Kier molecular flexibility index (Phi) is 2.92. The maximum atomic E-state index is 5.92. The minimum atomic E-state index is 0.347. The Balaban J connectivity index is 1.87. The van der Waals surface area contributed by atoms with Gasteiger partial charge in [0.25, 0.3) is 0 Å². The Labute approximate surface area is 113 Å². The first kappa shape index (κ1) is 11.7. The molecule has 6 nitrogen and oxygen atoms in total. The molecule has 0 amide bonds. The van der Waals surface area contributed by atoms with Crippen LogP contribution in [-0.2, 0) is 6.61 Å². The van der Waals surface area contributed by atoms with Crippen molar-refractivity contribution in [1.29, 1.82) is 0 Å². The molecular formula is C12H10ClN5O. The van der Waals surface area contributed by atoms with E-state index in [1.54, 1.807) is 6.07 Å². The number of nitrogens with one attached hydrogen (secondary N) is 1. The van der Waals surface area contributed by atoms with Crippen LogP contribution in [0.15, 0.2) is 30.3 Å². The summed E-state index contributed by atoms with van der Waals surface area (Å²) in [6.45, 7) is 0.367. The molecule has 0 radical (unpaired) electrons. The molecule has 0 aliphatic carbocycles. The molecule has 3 N–H and O–H groups in total. The number of rotatable bonds is 3. The number of fused-ring (bicyclic) bond motifs is 1. The van der Waals surface area contributed by atoms with E-state index >= 15 is 0 Å². The number of benzene rings is 1. The molecule has 3 rings (SSSR count). The van der Waals surface area contributed by atoms with Crippen molar-refractivity contribution in [3.8, 4) is 5.75 Å². The average Bonchev–Trinajstić information content (AvgIpc) is 2.84. The number of anilines is 1. The van der Waals surface area contributed by atoms with Gasteiger partial charge in [0.1, 0.15) is 12.4 Å². The molecule has 0 saturated heterocycles. The van der Waals surface area contributed by atoms with Gasteiger partial charge in [0, 0.05) is 11.1 Å². The van der Waals surface area contributed by atoms with Crippen molar-refractivity contribution in [1.82, 2.24) is 20.4 Å². The molecule has 19 heavy (non-hydrogen) atoms. The van der Waals surface area contributed by atoms with Gasteiger partial charge in [0.15, 0.2) is 16.9 Å². The van der Waals surface area contributed by atoms with Gasteiger partial charge in [-0.1, -0.05) is 28.9 Å². The SMILES string of the molecule is Nc1cc(OCc2cccc(Cl)c2)c2nn[nH]c2n1. The molecule has 0 spiro atoms. The van der Waals surface area contributed by atoms with Crippen LogP contribution in [-0.4, -0.2) is 20.4 Å². The van der Waals surface area contributed by atoms with E-state index in [2.05, 4.69) is 20.4 Å². The highest BCUT2D eigenvalue weighted by Gasteiger charge is 2.09. The zero-order valence-electron chi connectivity index (χ0n) is 9.80. The van der Waals surface area contributed by atoms with Gasteiger partial charge in [-0.2, -0.15) is 0 Å². The van der Waals surface area contributed by atoms with E-state index in [1.807, 2.05) is 24.3 Å². The molecule has 0 unspecified atom stereocenters. The predicted molar refractivity (Wildman–Crippen MR) is 71.9 cm³/mol. The Morgan fingerprint density at radius 2 is 2.21 bits per heavy atom. The molecule has 2 heterocycles. The lowest BCUT2D eigenvalue weighted by molar-refractivity contribution is 0.309. The number of hydrogen-bond donors (Lipinski definition) is 2. The first-order valence-corrected chi connectivity index (χ1v) is 5.95. The summed E-state index contributed by atoms with van der Waals surface area (Å²) in [6, 6.07) is 9.07. The largest absolute Gasteiger partial charge is 0.486 e. The van der Waals surface area contributed by atoms with Crippen molar-refractivity contribution < 1.29 is 4.74 Å². The predicted octanol–water partition coefficient (Wildman–Crippen LogP) is 2.17. The molecule has 2 aromatic heterocycles. The Morgan fingerprint density at radius 3 is 3.05 bits per heavy atom. The molecule has 96 valence electrons. The van der Waals surface area contributed by atoms with Crippen LogP contribution in [0, 0.1) is 0 Å². The quantitative estimate of drug-likeness (QED) is 0.764. The summed E-state index contributed by atoms with van der Waals surface area (Å²) in [7, 11) is 0. The van der Waals surface area contributed by atoms with E-state index in [0.717, 1.165) is 5.56 Å². The molecule has 0 aliphatic rings. The van der Waals surface area contributed by atoms with Crippen LogP contribution in [0.1, 0.15) is 5.56 Å². The van der Waals surface area contributed by atoms with E-state index in [9.17, 15) is 0 Å². The summed E-state index contributed by atoms with van der Waals surface area (Å²) in [5.41, 5.74) is 7.70. The van der Waals surface area contributed by atoms with E-state index < -0.39 is 0 Å². The van der Waals surface area contributed by atoms with Crippen LogP contribution in [0.2, 0.25) is 5.02 Å². The second-order valence-corrected chi connectivity index (χ2v) is 4.41. The second kappa shape index (κ2) is 4.74. The normalized spacial score (nSPS) is 10.8. The fourth-order valence-corrected chi connectivity index (χ4v) is 1.94. The summed E-state index contributed by atoms with van der Waals surface area (Å²) in [5, 5.41) is 10.9. The van der Waals surface area contributed by atoms with Gasteiger partial charge in [0.05, 0.1) is 0 Å². The number of nitrogens with zero attached hydrogens (tertiary/aromatic N) is 3. The highest BCUT2D eigenvalue weighted by Crippen LogP contribution is 2.24. The summed E-state index contributed by atoms with van der Waals surface area (Å²) in [6.07, 6.45) is 0. The standard InChI is InChI=1S/C12H10ClN5O/c13-8-3-1-2-7(4-8)6-19-9-5-10(14)15-12-11(9)16-18-17-12/h1-5H,6H2,(H3,14,15,16,17,18). The highest BCUT2D eigenvalue weighted by atomic mass is 35.5. The van der Waals surface area contributed by atoms with Gasteiger partial charge in [0.2, 0.25) is 0 Å². The molecule has 0 aliphatic heterocycles. The van der Waals surface area contributed by atoms with Gasteiger partial charge in [-0.15, -0.1) is 5.10 Å². The van der Waals surface area contributed by atoms with Crippen LogP contribution < -0.4 is 10.5 Å². The number of pyridine rings is 1. The highest BCUT2D eigenvalue weighted by molar-refractivity contribution is 6.30. The Morgan fingerprint density at radius 1 is 1.32 bits per heavy atom. The lowest BCUT2D eigenvalue weighted by atomic mass is 10.2. The minimum absolute atomic E-state index is 0.347. The summed E-state index contributed by atoms with van der Waals surface area (Å²) >= 11 is 5.92. The van der Waals surface area contributed by atoms with Crippen molar-refractivity contribution in [2.45, 2.75) is 6.61 Å². The number of ether oxygens (including phenoxy) is 1. The topological polar surface area (TPSA) is 89.7 Å². The molecule has 0 saturated carbocycles. The number of nitrogens with two attached hydrogens (primary N) is 1. The van der Waals surface area contributed by atoms with Crippen LogP contribution in [0.5, 0.6) is 5.75 Å². The van der Waals surface area contributed by atoms with E-state index in [0.29, 0.717) is 34.4 Å². The van der Waals surface area contributed by atoms with Crippen molar-refractivity contribution >= 4 is 28.6 Å². The Hall–Kier alpha value is -2.34. The first-order chi connectivity index (χ1) is 9.22. The fraction of sp³-hybridized carbons (Fsp3) is 0.0833. The number of aromatic amines is 1. The number of aromatic nitrogens is 4. The summed E-state index contributed by atoms with van der Waals surface area (Å²) < 4.78 is 5.70.